The normalized spacial score (nSPS) is 11.3. The van der Waals surface area contributed by atoms with Crippen molar-refractivity contribution in [1.29, 1.82) is 0 Å². The largest absolute Gasteiger partial charge is 0.340 e. The van der Waals surface area contributed by atoms with Crippen LogP contribution in [0.25, 0.3) is 11.0 Å². The van der Waals surface area contributed by atoms with Gasteiger partial charge in [-0.3, -0.25) is 0 Å². The molecule has 0 unspecified atom stereocenters. The number of aromatic nitrogens is 2. The zero-order valence-corrected chi connectivity index (χ0v) is 16.7. The number of nitrogens with one attached hydrogen (secondary N) is 1. The molecule has 0 aliphatic rings. The molecule has 0 spiro atoms. The Morgan fingerprint density at radius 2 is 1.45 bits per heavy atom. The molecule has 5 N–H and O–H groups in total. The number of hydrogen-bond donors (Lipinski definition) is 3. The van der Waals surface area contributed by atoms with Crippen molar-refractivity contribution in [2.75, 3.05) is 31.1 Å². The summed E-state index contributed by atoms with van der Waals surface area (Å²) in [6.07, 6.45) is 0. The lowest BCUT2D eigenvalue weighted by Crippen LogP contribution is -2.34. The van der Waals surface area contributed by atoms with Gasteiger partial charge in [-0.2, -0.15) is 0 Å². The van der Waals surface area contributed by atoms with E-state index in [0.717, 1.165) is 34.9 Å². The Morgan fingerprint density at radius 3 is 2.00 bits per heavy atom. The fourth-order valence-electron chi connectivity index (χ4n) is 1.87. The average Bonchev–Trinajstić information content (AvgIpc) is 2.88. The summed E-state index contributed by atoms with van der Waals surface area (Å²) in [6.45, 7) is 2.50. The molecule has 1 heterocycles. The van der Waals surface area contributed by atoms with Crippen LogP contribution in [0.4, 0.5) is 5.95 Å². The summed E-state index contributed by atoms with van der Waals surface area (Å²) in [5, 5.41) is 0. The molecule has 0 atom stereocenters. The van der Waals surface area contributed by atoms with Crippen LogP contribution in [0.5, 0.6) is 0 Å². The van der Waals surface area contributed by atoms with Gasteiger partial charge in [0.05, 0.1) is 14.5 Å². The highest BCUT2D eigenvalue weighted by Gasteiger charge is 2.19. The van der Waals surface area contributed by atoms with Crippen LogP contribution in [-0.4, -0.2) is 36.1 Å². The van der Waals surface area contributed by atoms with E-state index in [9.17, 15) is 0 Å². The molecule has 0 saturated carbocycles. The van der Waals surface area contributed by atoms with Crippen LogP contribution in [0, 0.1) is 0 Å². The van der Waals surface area contributed by atoms with Crippen LogP contribution in [-0.2, 0) is 0 Å². The SMILES string of the molecule is NCCN(CCN)c1nc2c(Br)c(Br)c(Br)c(Br)c2[nH]1. The molecule has 0 aliphatic carbocycles. The van der Waals surface area contributed by atoms with E-state index in [1.807, 2.05) is 4.90 Å². The van der Waals surface area contributed by atoms with Crippen molar-refractivity contribution in [2.45, 2.75) is 0 Å². The van der Waals surface area contributed by atoms with E-state index >= 15 is 0 Å². The molecule has 0 aliphatic heterocycles. The van der Waals surface area contributed by atoms with Gasteiger partial charge in [0.2, 0.25) is 5.95 Å². The lowest BCUT2D eigenvalue weighted by atomic mass is 10.3. The van der Waals surface area contributed by atoms with Gasteiger partial charge in [0.1, 0.15) is 5.52 Å². The second-order valence-electron chi connectivity index (χ2n) is 4.10. The number of rotatable bonds is 5. The number of imidazole rings is 1. The maximum Gasteiger partial charge on any atom is 0.203 e. The summed E-state index contributed by atoms with van der Waals surface area (Å²) >= 11 is 14.2. The predicted molar refractivity (Wildman–Crippen MR) is 97.2 cm³/mol. The topological polar surface area (TPSA) is 84.0 Å². The van der Waals surface area contributed by atoms with E-state index in [0.29, 0.717) is 26.2 Å². The molecule has 0 bridgehead atoms. The molecule has 0 saturated heterocycles. The standard InChI is InChI=1S/C11H13Br4N5/c12-5-6(13)8(15)10-9(7(5)14)18-11(19-10)20(3-1-16)4-2-17/h1-4,16-17H2,(H,18,19). The number of nitrogens with zero attached hydrogens (tertiary/aromatic N) is 2. The average molecular weight is 535 g/mol. The third-order valence-electron chi connectivity index (χ3n) is 2.79. The molecule has 0 fully saturated rings. The number of nitrogens with two attached hydrogens (primary N) is 2. The minimum absolute atomic E-state index is 0.548. The van der Waals surface area contributed by atoms with Crippen molar-refractivity contribution in [3.05, 3.63) is 17.9 Å². The maximum atomic E-state index is 5.64. The molecule has 2 aromatic rings. The van der Waals surface area contributed by atoms with Gasteiger partial charge in [-0.1, -0.05) is 0 Å². The highest BCUT2D eigenvalue weighted by Crippen LogP contribution is 2.43. The zero-order valence-electron chi connectivity index (χ0n) is 10.4. The van der Waals surface area contributed by atoms with Gasteiger partial charge in [0.25, 0.3) is 0 Å². The van der Waals surface area contributed by atoms with E-state index in [4.69, 9.17) is 11.5 Å². The van der Waals surface area contributed by atoms with Gasteiger partial charge in [-0.25, -0.2) is 4.98 Å². The molecular formula is C11H13Br4N5. The molecule has 20 heavy (non-hydrogen) atoms. The molecular weight excluding hydrogens is 522 g/mol. The summed E-state index contributed by atoms with van der Waals surface area (Å²) in [4.78, 5) is 10.0. The Labute approximate surface area is 150 Å². The Morgan fingerprint density at radius 1 is 0.900 bits per heavy atom. The maximum absolute atomic E-state index is 5.64. The second kappa shape index (κ2) is 7.06. The lowest BCUT2D eigenvalue weighted by molar-refractivity contribution is 0.762. The second-order valence-corrected chi connectivity index (χ2v) is 7.28. The number of hydrogen-bond acceptors (Lipinski definition) is 4. The first kappa shape index (κ1) is 16.7. The van der Waals surface area contributed by atoms with Crippen LogP contribution in [0.3, 0.4) is 0 Å². The number of halogens is 4. The van der Waals surface area contributed by atoms with Crippen molar-refractivity contribution in [3.63, 3.8) is 0 Å². The number of fused-ring (bicyclic) bond motifs is 1. The Hall–Kier alpha value is 0.330. The fourth-order valence-corrected chi connectivity index (χ4v) is 4.15. The molecule has 110 valence electrons. The van der Waals surface area contributed by atoms with Gasteiger partial charge >= 0.3 is 0 Å². The summed E-state index contributed by atoms with van der Waals surface area (Å²) in [7, 11) is 0. The fraction of sp³-hybridized carbons (Fsp3) is 0.364. The van der Waals surface area contributed by atoms with Gasteiger partial charge in [-0.15, -0.1) is 0 Å². The van der Waals surface area contributed by atoms with Crippen molar-refractivity contribution >= 4 is 80.7 Å². The summed E-state index contributed by atoms with van der Waals surface area (Å²) < 4.78 is 3.66. The van der Waals surface area contributed by atoms with E-state index in [2.05, 4.69) is 73.7 Å². The monoisotopic (exact) mass is 531 g/mol. The van der Waals surface area contributed by atoms with Gasteiger partial charge < -0.3 is 21.4 Å². The first-order valence-electron chi connectivity index (χ1n) is 5.88. The zero-order chi connectivity index (χ0) is 14.9. The van der Waals surface area contributed by atoms with E-state index in [-0.39, 0.29) is 0 Å². The number of aromatic amines is 1. The van der Waals surface area contributed by atoms with Crippen LogP contribution < -0.4 is 16.4 Å². The minimum atomic E-state index is 0.548. The molecule has 1 aromatic heterocycles. The third-order valence-corrected chi connectivity index (χ3v) is 7.54. The third kappa shape index (κ3) is 3.07. The molecule has 0 amide bonds. The summed E-state index contributed by atoms with van der Waals surface area (Å²) in [6, 6.07) is 0. The van der Waals surface area contributed by atoms with Crippen molar-refractivity contribution in [2.24, 2.45) is 11.5 Å². The lowest BCUT2D eigenvalue weighted by Gasteiger charge is -2.19. The Bertz CT molecular complexity index is 576. The van der Waals surface area contributed by atoms with E-state index < -0.39 is 0 Å². The molecule has 2 rings (SSSR count). The number of anilines is 1. The molecule has 0 radical (unpaired) electrons. The Kier molecular flexibility index (Phi) is 5.89. The van der Waals surface area contributed by atoms with Crippen LogP contribution >= 0.6 is 63.7 Å². The minimum Gasteiger partial charge on any atom is -0.340 e. The smallest absolute Gasteiger partial charge is 0.203 e. The van der Waals surface area contributed by atoms with Crippen LogP contribution in [0.1, 0.15) is 0 Å². The highest BCUT2D eigenvalue weighted by molar-refractivity contribution is 9.15. The summed E-state index contributed by atoms with van der Waals surface area (Å²) in [5.74, 6) is 0.766. The van der Waals surface area contributed by atoms with E-state index in [1.165, 1.54) is 0 Å². The number of benzene rings is 1. The first-order chi connectivity index (χ1) is 9.51. The van der Waals surface area contributed by atoms with Gasteiger partial charge in [0, 0.05) is 35.1 Å². The van der Waals surface area contributed by atoms with Crippen LogP contribution in [0.2, 0.25) is 0 Å². The Balaban J connectivity index is 2.58. The number of H-pyrrole nitrogens is 1. The molecule has 9 heteroatoms. The predicted octanol–water partition coefficient (Wildman–Crippen LogP) is 3.34. The quantitative estimate of drug-likeness (QED) is 0.406. The van der Waals surface area contributed by atoms with Crippen LogP contribution in [0.15, 0.2) is 17.9 Å². The molecule has 5 nitrogen and oxygen atoms in total. The molecule has 1 aromatic carbocycles. The summed E-state index contributed by atoms with van der Waals surface area (Å²) in [5.41, 5.74) is 13.0. The van der Waals surface area contributed by atoms with Crippen molar-refractivity contribution in [1.82, 2.24) is 9.97 Å². The van der Waals surface area contributed by atoms with Gasteiger partial charge in [-0.05, 0) is 63.7 Å². The van der Waals surface area contributed by atoms with Crippen molar-refractivity contribution in [3.8, 4) is 0 Å². The van der Waals surface area contributed by atoms with Crippen molar-refractivity contribution < 1.29 is 0 Å². The highest BCUT2D eigenvalue weighted by atomic mass is 79.9. The van der Waals surface area contributed by atoms with E-state index in [1.54, 1.807) is 0 Å². The van der Waals surface area contributed by atoms with Gasteiger partial charge in [0.15, 0.2) is 0 Å². The first-order valence-corrected chi connectivity index (χ1v) is 9.05.